The molecule has 1 aromatic heterocycles. The van der Waals surface area contributed by atoms with Gasteiger partial charge < -0.3 is 14.3 Å². The predicted molar refractivity (Wildman–Crippen MR) is 41.7 cm³/mol. The molecule has 0 saturated heterocycles. The molecule has 0 atom stereocenters. The smallest absolute Gasteiger partial charge is 0.374 e. The second-order valence-corrected chi connectivity index (χ2v) is 2.42. The van der Waals surface area contributed by atoms with Gasteiger partial charge in [0.05, 0.1) is 7.11 Å². The van der Waals surface area contributed by atoms with Crippen molar-refractivity contribution >= 4 is 11.9 Å². The maximum atomic E-state index is 11.0. The number of methoxy groups -OCH3 is 1. The van der Waals surface area contributed by atoms with Crippen LogP contribution in [0.25, 0.3) is 0 Å². The fraction of sp³-hybridized carbons (Fsp3) is 0.250. The summed E-state index contributed by atoms with van der Waals surface area (Å²) in [6.45, 7) is 1.57. The monoisotopic (exact) mass is 184 g/mol. The van der Waals surface area contributed by atoms with Crippen molar-refractivity contribution in [3.63, 3.8) is 0 Å². The second-order valence-electron chi connectivity index (χ2n) is 2.42. The van der Waals surface area contributed by atoms with Crippen molar-refractivity contribution in [3.8, 4) is 0 Å². The maximum Gasteiger partial charge on any atom is 0.374 e. The van der Waals surface area contributed by atoms with Gasteiger partial charge in [-0.3, -0.25) is 0 Å². The number of carboxylic acids is 1. The third kappa shape index (κ3) is 1.69. The van der Waals surface area contributed by atoms with E-state index in [1.165, 1.54) is 13.2 Å². The molecule has 0 aliphatic carbocycles. The van der Waals surface area contributed by atoms with Crippen LogP contribution in [-0.4, -0.2) is 24.2 Å². The SMILES string of the molecule is COC(=O)c1oc(C(=O)O)cc1C. The Balaban J connectivity index is 3.10. The highest BCUT2D eigenvalue weighted by Crippen LogP contribution is 2.15. The van der Waals surface area contributed by atoms with E-state index in [2.05, 4.69) is 4.74 Å². The van der Waals surface area contributed by atoms with E-state index in [9.17, 15) is 9.59 Å². The Kier molecular flexibility index (Phi) is 2.36. The van der Waals surface area contributed by atoms with Crippen LogP contribution in [0.2, 0.25) is 0 Å². The number of rotatable bonds is 2. The molecule has 0 bridgehead atoms. The van der Waals surface area contributed by atoms with Gasteiger partial charge in [0.25, 0.3) is 0 Å². The van der Waals surface area contributed by atoms with Crippen LogP contribution in [0.15, 0.2) is 10.5 Å². The summed E-state index contributed by atoms with van der Waals surface area (Å²) >= 11 is 0. The molecular weight excluding hydrogens is 176 g/mol. The first-order chi connectivity index (χ1) is 6.06. The summed E-state index contributed by atoms with van der Waals surface area (Å²) in [5.41, 5.74) is 0.448. The van der Waals surface area contributed by atoms with Crippen molar-refractivity contribution in [1.82, 2.24) is 0 Å². The largest absolute Gasteiger partial charge is 0.475 e. The minimum absolute atomic E-state index is 0.0695. The summed E-state index contributed by atoms with van der Waals surface area (Å²) in [6, 6.07) is 1.27. The van der Waals surface area contributed by atoms with Gasteiger partial charge in [-0.25, -0.2) is 9.59 Å². The number of carbonyl (C=O) groups excluding carboxylic acids is 1. The Morgan fingerprint density at radius 3 is 2.54 bits per heavy atom. The Bertz CT molecular complexity index is 349. The summed E-state index contributed by atoms with van der Waals surface area (Å²) in [7, 11) is 1.20. The van der Waals surface area contributed by atoms with Gasteiger partial charge in [0.2, 0.25) is 11.5 Å². The predicted octanol–water partition coefficient (Wildman–Crippen LogP) is 1.07. The third-order valence-electron chi connectivity index (χ3n) is 1.50. The quantitative estimate of drug-likeness (QED) is 0.695. The van der Waals surface area contributed by atoms with Crippen LogP contribution in [0.4, 0.5) is 0 Å². The molecule has 0 fully saturated rings. The molecule has 0 amide bonds. The van der Waals surface area contributed by atoms with Crippen LogP contribution in [0.1, 0.15) is 26.7 Å². The average molecular weight is 184 g/mol. The van der Waals surface area contributed by atoms with Crippen molar-refractivity contribution < 1.29 is 23.8 Å². The van der Waals surface area contributed by atoms with E-state index in [0.29, 0.717) is 5.56 Å². The van der Waals surface area contributed by atoms with E-state index < -0.39 is 11.9 Å². The fourth-order valence-corrected chi connectivity index (χ4v) is 0.883. The number of esters is 1. The fourth-order valence-electron chi connectivity index (χ4n) is 0.883. The maximum absolute atomic E-state index is 11.0. The van der Waals surface area contributed by atoms with Crippen molar-refractivity contribution in [1.29, 1.82) is 0 Å². The minimum atomic E-state index is -1.21. The van der Waals surface area contributed by atoms with Gasteiger partial charge in [-0.1, -0.05) is 0 Å². The van der Waals surface area contributed by atoms with E-state index >= 15 is 0 Å². The molecular formula is C8H8O5. The number of ether oxygens (including phenoxy) is 1. The molecule has 0 radical (unpaired) electrons. The molecule has 0 unspecified atom stereocenters. The zero-order valence-electron chi connectivity index (χ0n) is 7.16. The van der Waals surface area contributed by atoms with E-state index in [1.54, 1.807) is 6.92 Å². The standard InChI is InChI=1S/C8H8O5/c1-4-3-5(7(9)10)13-6(4)8(11)12-2/h3H,1-2H3,(H,9,10). The van der Waals surface area contributed by atoms with Gasteiger partial charge in [0.1, 0.15) is 0 Å². The molecule has 0 spiro atoms. The van der Waals surface area contributed by atoms with Crippen molar-refractivity contribution in [2.45, 2.75) is 6.92 Å². The van der Waals surface area contributed by atoms with Crippen molar-refractivity contribution in [3.05, 3.63) is 23.2 Å². The molecule has 5 heteroatoms. The number of aryl methyl sites for hydroxylation is 1. The first-order valence-corrected chi connectivity index (χ1v) is 3.48. The van der Waals surface area contributed by atoms with Gasteiger partial charge in [-0.05, 0) is 13.0 Å². The Morgan fingerprint density at radius 2 is 2.15 bits per heavy atom. The number of carboxylic acid groups (broad SMARTS) is 1. The number of hydrogen-bond acceptors (Lipinski definition) is 4. The molecule has 1 heterocycles. The summed E-state index contributed by atoms with van der Waals surface area (Å²) in [4.78, 5) is 21.4. The highest BCUT2D eigenvalue weighted by Gasteiger charge is 2.18. The van der Waals surface area contributed by atoms with E-state index in [1.807, 2.05) is 0 Å². The molecule has 0 aliphatic rings. The van der Waals surface area contributed by atoms with Gasteiger partial charge >= 0.3 is 11.9 Å². The number of furan rings is 1. The van der Waals surface area contributed by atoms with Gasteiger partial charge in [0, 0.05) is 5.56 Å². The summed E-state index contributed by atoms with van der Waals surface area (Å²) in [5.74, 6) is -2.22. The average Bonchev–Trinajstić information content (AvgIpc) is 2.46. The second kappa shape index (κ2) is 3.30. The molecule has 13 heavy (non-hydrogen) atoms. The lowest BCUT2D eigenvalue weighted by molar-refractivity contribution is 0.0554. The molecule has 0 aromatic carbocycles. The zero-order chi connectivity index (χ0) is 10.0. The Hall–Kier alpha value is -1.78. The highest BCUT2D eigenvalue weighted by atomic mass is 16.5. The van der Waals surface area contributed by atoms with Crippen LogP contribution in [0.5, 0.6) is 0 Å². The number of aromatic carboxylic acids is 1. The van der Waals surface area contributed by atoms with Crippen LogP contribution < -0.4 is 0 Å². The molecule has 70 valence electrons. The molecule has 0 saturated carbocycles. The Morgan fingerprint density at radius 1 is 1.54 bits per heavy atom. The van der Waals surface area contributed by atoms with E-state index in [4.69, 9.17) is 9.52 Å². The molecule has 1 rings (SSSR count). The lowest BCUT2D eigenvalue weighted by Crippen LogP contribution is -2.01. The summed E-state index contributed by atoms with van der Waals surface area (Å²) in [6.07, 6.45) is 0. The van der Waals surface area contributed by atoms with Crippen LogP contribution in [0, 0.1) is 6.92 Å². The van der Waals surface area contributed by atoms with Gasteiger partial charge in [0.15, 0.2) is 0 Å². The topological polar surface area (TPSA) is 76.7 Å². The van der Waals surface area contributed by atoms with Gasteiger partial charge in [-0.2, -0.15) is 0 Å². The molecule has 1 N–H and O–H groups in total. The summed E-state index contributed by atoms with van der Waals surface area (Å²) < 4.78 is 9.14. The van der Waals surface area contributed by atoms with Crippen LogP contribution >= 0.6 is 0 Å². The first kappa shape index (κ1) is 9.31. The van der Waals surface area contributed by atoms with Crippen LogP contribution in [-0.2, 0) is 4.74 Å². The number of carbonyl (C=O) groups is 2. The highest BCUT2D eigenvalue weighted by molar-refractivity contribution is 5.91. The van der Waals surface area contributed by atoms with E-state index in [0.717, 1.165) is 0 Å². The zero-order valence-corrected chi connectivity index (χ0v) is 7.16. The molecule has 0 aliphatic heterocycles. The third-order valence-corrected chi connectivity index (χ3v) is 1.50. The van der Waals surface area contributed by atoms with Crippen LogP contribution in [0.3, 0.4) is 0 Å². The van der Waals surface area contributed by atoms with Gasteiger partial charge in [-0.15, -0.1) is 0 Å². The lowest BCUT2D eigenvalue weighted by Gasteiger charge is -1.93. The van der Waals surface area contributed by atoms with E-state index in [-0.39, 0.29) is 11.5 Å². The lowest BCUT2D eigenvalue weighted by atomic mass is 10.2. The molecule has 5 nitrogen and oxygen atoms in total. The molecule has 1 aromatic rings. The number of hydrogen-bond donors (Lipinski definition) is 1. The normalized spacial score (nSPS) is 9.69. The van der Waals surface area contributed by atoms with Crippen molar-refractivity contribution in [2.24, 2.45) is 0 Å². The minimum Gasteiger partial charge on any atom is -0.475 e. The first-order valence-electron chi connectivity index (χ1n) is 3.48. The Labute approximate surface area is 73.9 Å². The summed E-state index contributed by atoms with van der Waals surface area (Å²) in [5, 5.41) is 8.53. The van der Waals surface area contributed by atoms with Crippen molar-refractivity contribution in [2.75, 3.05) is 7.11 Å².